The lowest BCUT2D eigenvalue weighted by Gasteiger charge is -2.06. The van der Waals surface area contributed by atoms with Crippen molar-refractivity contribution in [1.29, 1.82) is 0 Å². The van der Waals surface area contributed by atoms with Crippen LogP contribution in [0.15, 0.2) is 24.4 Å². The molecule has 0 aliphatic heterocycles. The summed E-state index contributed by atoms with van der Waals surface area (Å²) in [5, 5.41) is 28.4. The summed E-state index contributed by atoms with van der Waals surface area (Å²) in [6.45, 7) is 3.96. The number of hydrogen-bond acceptors (Lipinski definition) is 5. The first-order valence-electron chi connectivity index (χ1n) is 6.34. The molecule has 2 rings (SSSR count). The number of nitro benzene ring substituents is 1. The van der Waals surface area contributed by atoms with E-state index in [1.165, 1.54) is 6.07 Å². The van der Waals surface area contributed by atoms with Crippen LogP contribution in [0, 0.1) is 17.0 Å². The van der Waals surface area contributed by atoms with Gasteiger partial charge in [0, 0.05) is 11.6 Å². The zero-order valence-corrected chi connectivity index (χ0v) is 11.4. The van der Waals surface area contributed by atoms with Crippen LogP contribution in [0.25, 0.3) is 0 Å². The molecule has 0 bridgehead atoms. The molecule has 0 fully saturated rings. The second kappa shape index (κ2) is 5.79. The quantitative estimate of drug-likeness (QED) is 0.665. The molecule has 1 N–H and O–H groups in total. The highest BCUT2D eigenvalue weighted by Gasteiger charge is 2.15. The lowest BCUT2D eigenvalue weighted by atomic mass is 10.1. The molecule has 106 valence electrons. The topological polar surface area (TPSA) is 94.1 Å². The number of benzene rings is 1. The minimum atomic E-state index is -0.630. The van der Waals surface area contributed by atoms with E-state index in [-0.39, 0.29) is 5.69 Å². The number of rotatable bonds is 5. The predicted molar refractivity (Wildman–Crippen MR) is 72.2 cm³/mol. The van der Waals surface area contributed by atoms with Crippen molar-refractivity contribution in [3.8, 4) is 0 Å². The van der Waals surface area contributed by atoms with Gasteiger partial charge in [-0.2, -0.15) is 0 Å². The van der Waals surface area contributed by atoms with Crippen molar-refractivity contribution in [2.24, 2.45) is 0 Å². The molecule has 1 atom stereocenters. The predicted octanol–water partition coefficient (Wildman–Crippen LogP) is 1.99. The van der Waals surface area contributed by atoms with Gasteiger partial charge in [0.2, 0.25) is 0 Å². The highest BCUT2D eigenvalue weighted by molar-refractivity contribution is 5.44. The van der Waals surface area contributed by atoms with Gasteiger partial charge < -0.3 is 5.11 Å². The van der Waals surface area contributed by atoms with Crippen molar-refractivity contribution in [2.75, 3.05) is 0 Å². The number of aliphatic hydroxyl groups excluding tert-OH is 1. The Bertz CT molecular complexity index is 624. The van der Waals surface area contributed by atoms with E-state index >= 15 is 0 Å². The second-order valence-corrected chi connectivity index (χ2v) is 4.58. The Hall–Kier alpha value is -2.28. The Labute approximate surface area is 116 Å². The van der Waals surface area contributed by atoms with E-state index < -0.39 is 11.0 Å². The number of nitrogens with zero attached hydrogens (tertiary/aromatic N) is 4. The molecule has 20 heavy (non-hydrogen) atoms. The third-order valence-electron chi connectivity index (χ3n) is 3.23. The maximum absolute atomic E-state index is 10.9. The van der Waals surface area contributed by atoms with Crippen LogP contribution in [-0.4, -0.2) is 25.0 Å². The number of nitro groups is 1. The molecule has 0 amide bonds. The van der Waals surface area contributed by atoms with Gasteiger partial charge in [-0.15, -0.1) is 5.10 Å². The zero-order chi connectivity index (χ0) is 14.7. The molecule has 0 aliphatic rings. The Kier molecular flexibility index (Phi) is 4.09. The van der Waals surface area contributed by atoms with E-state index in [0.717, 1.165) is 5.56 Å². The van der Waals surface area contributed by atoms with Crippen LogP contribution in [0.3, 0.4) is 0 Å². The Balaban J connectivity index is 2.24. The van der Waals surface area contributed by atoms with Crippen LogP contribution in [0.5, 0.6) is 0 Å². The maximum atomic E-state index is 10.9. The zero-order valence-electron chi connectivity index (χ0n) is 11.4. The Morgan fingerprint density at radius 2 is 2.25 bits per heavy atom. The van der Waals surface area contributed by atoms with Gasteiger partial charge in [0.15, 0.2) is 0 Å². The van der Waals surface area contributed by atoms with Gasteiger partial charge in [-0.25, -0.2) is 4.68 Å². The van der Waals surface area contributed by atoms with Crippen molar-refractivity contribution >= 4 is 5.69 Å². The van der Waals surface area contributed by atoms with Crippen LogP contribution in [0.2, 0.25) is 0 Å². The second-order valence-electron chi connectivity index (χ2n) is 4.58. The fraction of sp³-hybridized carbons (Fsp3) is 0.385. The minimum absolute atomic E-state index is 0.0939. The fourth-order valence-corrected chi connectivity index (χ4v) is 1.97. The van der Waals surface area contributed by atoms with Gasteiger partial charge >= 0.3 is 0 Å². The molecule has 0 aliphatic carbocycles. The van der Waals surface area contributed by atoms with E-state index in [9.17, 15) is 15.2 Å². The number of aromatic nitrogens is 3. The summed E-state index contributed by atoms with van der Waals surface area (Å²) >= 11 is 0. The summed E-state index contributed by atoms with van der Waals surface area (Å²) in [4.78, 5) is 10.5. The number of aliphatic hydroxyl groups is 1. The van der Waals surface area contributed by atoms with Crippen molar-refractivity contribution in [1.82, 2.24) is 15.0 Å². The molecule has 0 saturated heterocycles. The summed E-state index contributed by atoms with van der Waals surface area (Å²) in [5.41, 5.74) is 2.03. The highest BCUT2D eigenvalue weighted by Crippen LogP contribution is 2.22. The average molecular weight is 276 g/mol. The van der Waals surface area contributed by atoms with Gasteiger partial charge in [-0.3, -0.25) is 10.1 Å². The third kappa shape index (κ3) is 2.83. The lowest BCUT2D eigenvalue weighted by molar-refractivity contribution is -0.385. The van der Waals surface area contributed by atoms with Crippen molar-refractivity contribution in [3.05, 3.63) is 51.3 Å². The summed E-state index contributed by atoms with van der Waals surface area (Å²) in [6, 6.07) is 4.95. The molecule has 1 unspecified atom stereocenters. The van der Waals surface area contributed by atoms with Crippen molar-refractivity contribution in [2.45, 2.75) is 32.9 Å². The first-order chi connectivity index (χ1) is 9.52. The Morgan fingerprint density at radius 1 is 1.50 bits per heavy atom. The standard InChI is InChI=1S/C13H16N4O3/c1-3-13(18)11-8-16(15-14-11)7-10-5-4-6-12(9(10)2)17(19)20/h4-6,8,13,18H,3,7H2,1-2H3. The molecule has 0 spiro atoms. The first kappa shape index (κ1) is 14.1. The van der Waals surface area contributed by atoms with Gasteiger partial charge in [0.05, 0.1) is 23.8 Å². The van der Waals surface area contributed by atoms with E-state index in [2.05, 4.69) is 10.3 Å². The van der Waals surface area contributed by atoms with Crippen LogP contribution in [-0.2, 0) is 6.54 Å². The highest BCUT2D eigenvalue weighted by atomic mass is 16.6. The summed E-state index contributed by atoms with van der Waals surface area (Å²) < 4.78 is 1.57. The van der Waals surface area contributed by atoms with E-state index in [1.54, 1.807) is 23.9 Å². The van der Waals surface area contributed by atoms with Gasteiger partial charge in [0.25, 0.3) is 5.69 Å². The average Bonchev–Trinajstić information content (AvgIpc) is 2.88. The summed E-state index contributed by atoms with van der Waals surface area (Å²) in [7, 11) is 0. The molecule has 0 saturated carbocycles. The molecule has 0 radical (unpaired) electrons. The molecular weight excluding hydrogens is 260 g/mol. The van der Waals surface area contributed by atoms with E-state index in [1.807, 2.05) is 13.0 Å². The molecule has 2 aromatic rings. The molecular formula is C13H16N4O3. The van der Waals surface area contributed by atoms with Crippen LogP contribution >= 0.6 is 0 Å². The van der Waals surface area contributed by atoms with Gasteiger partial charge in [-0.05, 0) is 18.9 Å². The van der Waals surface area contributed by atoms with Crippen LogP contribution in [0.1, 0.15) is 36.3 Å². The smallest absolute Gasteiger partial charge is 0.272 e. The van der Waals surface area contributed by atoms with E-state index in [4.69, 9.17) is 0 Å². The molecule has 1 aromatic heterocycles. The monoisotopic (exact) mass is 276 g/mol. The van der Waals surface area contributed by atoms with Crippen LogP contribution < -0.4 is 0 Å². The molecule has 7 heteroatoms. The molecule has 1 heterocycles. The van der Waals surface area contributed by atoms with Crippen LogP contribution in [0.4, 0.5) is 5.69 Å². The van der Waals surface area contributed by atoms with Gasteiger partial charge in [0.1, 0.15) is 5.69 Å². The first-order valence-corrected chi connectivity index (χ1v) is 6.34. The number of hydrogen-bond donors (Lipinski definition) is 1. The Morgan fingerprint density at radius 3 is 2.90 bits per heavy atom. The van der Waals surface area contributed by atoms with E-state index in [0.29, 0.717) is 24.2 Å². The van der Waals surface area contributed by atoms with Crippen molar-refractivity contribution in [3.63, 3.8) is 0 Å². The molecule has 7 nitrogen and oxygen atoms in total. The maximum Gasteiger partial charge on any atom is 0.272 e. The SMILES string of the molecule is CCC(O)c1cn(Cc2cccc([N+](=O)[O-])c2C)nn1. The summed E-state index contributed by atoms with van der Waals surface area (Å²) in [6.07, 6.45) is 1.59. The van der Waals surface area contributed by atoms with Crippen molar-refractivity contribution < 1.29 is 10.0 Å². The molecule has 1 aromatic carbocycles. The normalized spacial score (nSPS) is 12.3. The van der Waals surface area contributed by atoms with Gasteiger partial charge in [-0.1, -0.05) is 24.3 Å². The minimum Gasteiger partial charge on any atom is -0.387 e. The fourth-order valence-electron chi connectivity index (χ4n) is 1.97. The lowest BCUT2D eigenvalue weighted by Crippen LogP contribution is -2.04. The summed E-state index contributed by atoms with van der Waals surface area (Å²) in [5.74, 6) is 0. The third-order valence-corrected chi connectivity index (χ3v) is 3.23. The largest absolute Gasteiger partial charge is 0.387 e.